The normalized spacial score (nSPS) is 11.8. The largest absolute Gasteiger partial charge is 0.467 e. The molecule has 0 aromatic heterocycles. The molecule has 122 valence electrons. The van der Waals surface area contributed by atoms with E-state index in [2.05, 4.69) is 0 Å². The van der Waals surface area contributed by atoms with E-state index in [1.165, 1.54) is 19.2 Å². The molecule has 0 radical (unpaired) electrons. The van der Waals surface area contributed by atoms with Crippen LogP contribution in [0.25, 0.3) is 0 Å². The predicted octanol–water partition coefficient (Wildman–Crippen LogP) is 4.44. The van der Waals surface area contributed by atoms with Crippen LogP contribution in [0.1, 0.15) is 18.9 Å². The average molecular weight is 336 g/mol. The van der Waals surface area contributed by atoms with Gasteiger partial charge in [0.1, 0.15) is 11.9 Å². The third-order valence-corrected chi connectivity index (χ3v) is 3.96. The summed E-state index contributed by atoms with van der Waals surface area (Å²) < 4.78 is 18.4. The van der Waals surface area contributed by atoms with E-state index in [1.807, 2.05) is 42.2 Å². The third kappa shape index (κ3) is 4.23. The van der Waals surface area contributed by atoms with E-state index < -0.39 is 11.9 Å². The van der Waals surface area contributed by atoms with Crippen molar-refractivity contribution in [2.45, 2.75) is 25.9 Å². The zero-order valence-corrected chi connectivity index (χ0v) is 13.9. The molecule has 2 aromatic rings. The number of rotatable bonds is 6. The molecule has 0 N–H and O–H groups in total. The van der Waals surface area contributed by atoms with Crippen LogP contribution < -0.4 is 4.90 Å². The number of carbonyl (C=O) groups excluding carboxylic acids is 1. The second-order valence-corrected chi connectivity index (χ2v) is 5.57. The van der Waals surface area contributed by atoms with Gasteiger partial charge in [0.25, 0.3) is 0 Å². The Labute approximate surface area is 140 Å². The number of carbonyl (C=O) groups is 1. The second kappa shape index (κ2) is 7.97. The smallest absolute Gasteiger partial charge is 0.328 e. The third-order valence-electron chi connectivity index (χ3n) is 3.67. The molecule has 1 unspecified atom stereocenters. The van der Waals surface area contributed by atoms with Crippen LogP contribution in [0.5, 0.6) is 0 Å². The number of esters is 1. The number of anilines is 1. The molecular weight excluding hydrogens is 317 g/mol. The summed E-state index contributed by atoms with van der Waals surface area (Å²) in [5, 5.41) is 0.0280. The molecule has 5 heteroatoms. The van der Waals surface area contributed by atoms with E-state index >= 15 is 0 Å². The van der Waals surface area contributed by atoms with Gasteiger partial charge in [0.2, 0.25) is 0 Å². The summed E-state index contributed by atoms with van der Waals surface area (Å²) in [6.45, 7) is 2.40. The van der Waals surface area contributed by atoms with Gasteiger partial charge in [-0.3, -0.25) is 0 Å². The zero-order chi connectivity index (χ0) is 16.8. The summed E-state index contributed by atoms with van der Waals surface area (Å²) in [5.74, 6) is -0.815. The Morgan fingerprint density at radius 2 is 1.96 bits per heavy atom. The molecule has 23 heavy (non-hydrogen) atoms. The highest BCUT2D eigenvalue weighted by molar-refractivity contribution is 6.31. The summed E-state index contributed by atoms with van der Waals surface area (Å²) in [7, 11) is 1.36. The van der Waals surface area contributed by atoms with Crippen LogP contribution in [0.3, 0.4) is 0 Å². The lowest BCUT2D eigenvalue weighted by Crippen LogP contribution is -2.41. The van der Waals surface area contributed by atoms with Crippen molar-refractivity contribution in [2.75, 3.05) is 12.0 Å². The molecule has 3 nitrogen and oxygen atoms in total. The van der Waals surface area contributed by atoms with Crippen LogP contribution in [0, 0.1) is 5.82 Å². The number of hydrogen-bond acceptors (Lipinski definition) is 3. The van der Waals surface area contributed by atoms with Crippen molar-refractivity contribution in [3.8, 4) is 0 Å². The second-order valence-electron chi connectivity index (χ2n) is 5.16. The molecule has 0 aliphatic rings. The lowest BCUT2D eigenvalue weighted by atomic mass is 10.1. The highest BCUT2D eigenvalue weighted by atomic mass is 35.5. The Bertz CT molecular complexity index is 663. The molecular formula is C18H19ClFNO2. The maximum atomic E-state index is 13.5. The monoisotopic (exact) mass is 335 g/mol. The minimum absolute atomic E-state index is 0.0280. The van der Waals surface area contributed by atoms with Gasteiger partial charge >= 0.3 is 5.97 Å². The molecule has 0 spiro atoms. The number of hydrogen-bond donors (Lipinski definition) is 0. The molecule has 0 fully saturated rings. The Balaban J connectivity index is 2.40. The van der Waals surface area contributed by atoms with E-state index in [0.717, 1.165) is 5.56 Å². The highest BCUT2D eigenvalue weighted by Gasteiger charge is 2.26. The average Bonchev–Trinajstić information content (AvgIpc) is 2.57. The highest BCUT2D eigenvalue weighted by Crippen LogP contribution is 2.27. The molecule has 0 aliphatic heterocycles. The SMILES string of the molecule is CCC(C(=O)OC)N(Cc1ccccc1)c1ccc(F)c(Cl)c1. The van der Waals surface area contributed by atoms with Crippen molar-refractivity contribution in [2.24, 2.45) is 0 Å². The first-order chi connectivity index (χ1) is 11.1. The van der Waals surface area contributed by atoms with Gasteiger partial charge in [-0.05, 0) is 30.2 Å². The molecule has 0 heterocycles. The Morgan fingerprint density at radius 3 is 2.52 bits per heavy atom. The number of nitrogens with zero attached hydrogens (tertiary/aromatic N) is 1. The first-order valence-electron chi connectivity index (χ1n) is 7.40. The minimum atomic E-state index is -0.485. The summed E-state index contributed by atoms with van der Waals surface area (Å²) in [6, 6.07) is 13.7. The lowest BCUT2D eigenvalue weighted by Gasteiger charge is -2.31. The Hall–Kier alpha value is -2.07. The molecule has 2 rings (SSSR count). The van der Waals surface area contributed by atoms with Crippen LogP contribution in [0.4, 0.5) is 10.1 Å². The standard InChI is InChI=1S/C18H19ClFNO2/c1-3-17(18(22)23-2)21(12-13-7-5-4-6-8-13)14-9-10-16(20)15(19)11-14/h4-11,17H,3,12H2,1-2H3. The van der Waals surface area contributed by atoms with E-state index in [-0.39, 0.29) is 11.0 Å². The molecule has 0 aliphatic carbocycles. The summed E-state index contributed by atoms with van der Waals surface area (Å²) in [4.78, 5) is 14.0. The lowest BCUT2D eigenvalue weighted by molar-refractivity contribution is -0.142. The van der Waals surface area contributed by atoms with Gasteiger partial charge < -0.3 is 9.64 Å². The van der Waals surface area contributed by atoms with Crippen molar-refractivity contribution in [1.29, 1.82) is 0 Å². The van der Waals surface area contributed by atoms with E-state index in [4.69, 9.17) is 16.3 Å². The van der Waals surface area contributed by atoms with Crippen LogP contribution in [-0.4, -0.2) is 19.1 Å². The van der Waals surface area contributed by atoms with Crippen molar-refractivity contribution in [1.82, 2.24) is 0 Å². The fourth-order valence-electron chi connectivity index (χ4n) is 2.48. The fraction of sp³-hybridized carbons (Fsp3) is 0.278. The van der Waals surface area contributed by atoms with E-state index in [0.29, 0.717) is 18.7 Å². The minimum Gasteiger partial charge on any atom is -0.467 e. The Morgan fingerprint density at radius 1 is 1.26 bits per heavy atom. The van der Waals surface area contributed by atoms with Crippen molar-refractivity contribution in [3.05, 3.63) is 64.9 Å². The van der Waals surface area contributed by atoms with Crippen LogP contribution >= 0.6 is 11.6 Å². The van der Waals surface area contributed by atoms with Gasteiger partial charge in [-0.1, -0.05) is 48.9 Å². The Kier molecular flexibility index (Phi) is 5.99. The van der Waals surface area contributed by atoms with Gasteiger partial charge in [-0.25, -0.2) is 9.18 Å². The summed E-state index contributed by atoms with van der Waals surface area (Å²) >= 11 is 5.90. The summed E-state index contributed by atoms with van der Waals surface area (Å²) in [6.07, 6.45) is 0.564. The van der Waals surface area contributed by atoms with Crippen molar-refractivity contribution >= 4 is 23.3 Å². The number of methoxy groups -OCH3 is 1. The van der Waals surface area contributed by atoms with Gasteiger partial charge in [-0.2, -0.15) is 0 Å². The first kappa shape index (κ1) is 17.3. The maximum Gasteiger partial charge on any atom is 0.328 e. The molecule has 0 bridgehead atoms. The van der Waals surface area contributed by atoms with Crippen LogP contribution in [-0.2, 0) is 16.1 Å². The van der Waals surface area contributed by atoms with E-state index in [9.17, 15) is 9.18 Å². The van der Waals surface area contributed by atoms with Gasteiger partial charge in [0, 0.05) is 12.2 Å². The number of halogens is 2. The van der Waals surface area contributed by atoms with Gasteiger partial charge in [0.05, 0.1) is 12.1 Å². The first-order valence-corrected chi connectivity index (χ1v) is 7.78. The zero-order valence-electron chi connectivity index (χ0n) is 13.1. The van der Waals surface area contributed by atoms with Crippen molar-refractivity contribution in [3.63, 3.8) is 0 Å². The van der Waals surface area contributed by atoms with Gasteiger partial charge in [0.15, 0.2) is 0 Å². The van der Waals surface area contributed by atoms with E-state index in [1.54, 1.807) is 6.07 Å². The molecule has 0 amide bonds. The van der Waals surface area contributed by atoms with Crippen molar-refractivity contribution < 1.29 is 13.9 Å². The molecule has 0 saturated carbocycles. The number of ether oxygens (including phenoxy) is 1. The topological polar surface area (TPSA) is 29.5 Å². The van der Waals surface area contributed by atoms with Gasteiger partial charge in [-0.15, -0.1) is 0 Å². The number of benzene rings is 2. The summed E-state index contributed by atoms with van der Waals surface area (Å²) in [5.41, 5.74) is 1.72. The molecule has 0 saturated heterocycles. The maximum absolute atomic E-state index is 13.5. The quantitative estimate of drug-likeness (QED) is 0.731. The predicted molar refractivity (Wildman–Crippen MR) is 90.1 cm³/mol. The van der Waals surface area contributed by atoms with Crippen LogP contribution in [0.15, 0.2) is 48.5 Å². The molecule has 1 atom stereocenters. The fourth-order valence-corrected chi connectivity index (χ4v) is 2.65. The van der Waals surface area contributed by atoms with Crippen LogP contribution in [0.2, 0.25) is 5.02 Å². The molecule has 2 aromatic carbocycles.